The van der Waals surface area contributed by atoms with Crippen molar-refractivity contribution >= 4 is 15.9 Å². The van der Waals surface area contributed by atoms with E-state index < -0.39 is 5.67 Å². The smallest absolute Gasteiger partial charge is 0.137 e. The first-order chi connectivity index (χ1) is 5.62. The van der Waals surface area contributed by atoms with E-state index in [0.29, 0.717) is 22.9 Å². The summed E-state index contributed by atoms with van der Waals surface area (Å²) in [4.78, 5) is 0. The second kappa shape index (κ2) is 2.52. The van der Waals surface area contributed by atoms with E-state index in [1.54, 1.807) is 6.07 Å². The fourth-order valence-corrected chi connectivity index (χ4v) is 1.82. The van der Waals surface area contributed by atoms with Crippen LogP contribution < -0.4 is 0 Å². The van der Waals surface area contributed by atoms with Crippen LogP contribution in [0.1, 0.15) is 18.4 Å². The Balaban J connectivity index is 2.48. The number of halogens is 3. The normalized spacial score (nSPS) is 19.2. The van der Waals surface area contributed by atoms with Gasteiger partial charge in [0.05, 0.1) is 0 Å². The summed E-state index contributed by atoms with van der Waals surface area (Å²) in [6.45, 7) is 0. The first kappa shape index (κ1) is 8.17. The minimum Gasteiger partial charge on any atom is -0.239 e. The third-order valence-electron chi connectivity index (χ3n) is 2.10. The van der Waals surface area contributed by atoms with Crippen LogP contribution in [0.4, 0.5) is 8.78 Å². The molecule has 0 N–H and O–H groups in total. The van der Waals surface area contributed by atoms with Crippen molar-refractivity contribution in [2.24, 2.45) is 0 Å². The van der Waals surface area contributed by atoms with Gasteiger partial charge in [0, 0.05) is 10.0 Å². The molecule has 0 nitrogen and oxygen atoms in total. The highest BCUT2D eigenvalue weighted by molar-refractivity contribution is 9.10. The number of hydrogen-bond donors (Lipinski definition) is 0. The standard InChI is InChI=1S/C9H7BrF2/c10-8-2-1-6(11)5-7(8)9(12)3-4-9/h1-2,5H,3-4H2. The molecule has 1 saturated carbocycles. The first-order valence-electron chi connectivity index (χ1n) is 3.76. The maximum Gasteiger partial charge on any atom is 0.137 e. The Morgan fingerprint density at radius 2 is 2.00 bits per heavy atom. The number of alkyl halides is 1. The Morgan fingerprint density at radius 3 is 2.58 bits per heavy atom. The van der Waals surface area contributed by atoms with Crippen LogP contribution in [0.25, 0.3) is 0 Å². The molecular weight excluding hydrogens is 226 g/mol. The van der Waals surface area contributed by atoms with E-state index in [1.807, 2.05) is 0 Å². The molecular formula is C9H7BrF2. The van der Waals surface area contributed by atoms with Gasteiger partial charge in [-0.25, -0.2) is 8.78 Å². The van der Waals surface area contributed by atoms with Gasteiger partial charge in [-0.05, 0) is 31.0 Å². The third kappa shape index (κ3) is 1.26. The van der Waals surface area contributed by atoms with Crippen LogP contribution in [-0.2, 0) is 5.67 Å². The molecule has 0 heterocycles. The average molecular weight is 233 g/mol. The summed E-state index contributed by atoms with van der Waals surface area (Å²) in [5.74, 6) is -0.378. The molecule has 3 heteroatoms. The summed E-state index contributed by atoms with van der Waals surface area (Å²) in [6, 6.07) is 4.13. The zero-order chi connectivity index (χ0) is 8.77. The molecule has 1 aliphatic carbocycles. The summed E-state index contributed by atoms with van der Waals surface area (Å²) >= 11 is 3.20. The van der Waals surface area contributed by atoms with Gasteiger partial charge < -0.3 is 0 Å². The SMILES string of the molecule is Fc1ccc(Br)c(C2(F)CC2)c1. The molecule has 2 rings (SSSR count). The lowest BCUT2D eigenvalue weighted by Crippen LogP contribution is -1.99. The molecule has 1 aromatic carbocycles. The van der Waals surface area contributed by atoms with Crippen molar-refractivity contribution in [2.45, 2.75) is 18.5 Å². The van der Waals surface area contributed by atoms with Gasteiger partial charge in [0.15, 0.2) is 0 Å². The van der Waals surface area contributed by atoms with Crippen molar-refractivity contribution in [3.05, 3.63) is 34.1 Å². The molecule has 12 heavy (non-hydrogen) atoms. The van der Waals surface area contributed by atoms with Crippen molar-refractivity contribution in [1.29, 1.82) is 0 Å². The molecule has 0 spiro atoms. The zero-order valence-corrected chi connectivity index (χ0v) is 7.87. The maximum atomic E-state index is 13.5. The maximum absolute atomic E-state index is 13.5. The van der Waals surface area contributed by atoms with E-state index in [0.717, 1.165) is 0 Å². The van der Waals surface area contributed by atoms with E-state index in [4.69, 9.17) is 0 Å². The molecule has 0 unspecified atom stereocenters. The quantitative estimate of drug-likeness (QED) is 0.695. The Labute approximate surface area is 77.7 Å². The van der Waals surface area contributed by atoms with Gasteiger partial charge in [0.25, 0.3) is 0 Å². The largest absolute Gasteiger partial charge is 0.239 e. The highest BCUT2D eigenvalue weighted by Gasteiger charge is 2.46. The number of hydrogen-bond acceptors (Lipinski definition) is 0. The van der Waals surface area contributed by atoms with Crippen LogP contribution in [-0.4, -0.2) is 0 Å². The van der Waals surface area contributed by atoms with Gasteiger partial charge in [-0.15, -0.1) is 0 Å². The second-order valence-electron chi connectivity index (χ2n) is 3.09. The van der Waals surface area contributed by atoms with Crippen molar-refractivity contribution in [3.63, 3.8) is 0 Å². The molecule has 0 amide bonds. The van der Waals surface area contributed by atoms with Crippen LogP contribution in [0.3, 0.4) is 0 Å². The van der Waals surface area contributed by atoms with Crippen LogP contribution in [0.15, 0.2) is 22.7 Å². The molecule has 64 valence electrons. The molecule has 0 bridgehead atoms. The van der Waals surface area contributed by atoms with Crippen LogP contribution in [0.5, 0.6) is 0 Å². The number of rotatable bonds is 1. The van der Waals surface area contributed by atoms with Gasteiger partial charge in [-0.3, -0.25) is 0 Å². The molecule has 1 aliphatic rings. The second-order valence-corrected chi connectivity index (χ2v) is 3.94. The van der Waals surface area contributed by atoms with Crippen LogP contribution in [0.2, 0.25) is 0 Å². The Bertz CT molecular complexity index is 318. The molecule has 0 saturated heterocycles. The summed E-state index contributed by atoms with van der Waals surface area (Å²) in [5, 5.41) is 0. The summed E-state index contributed by atoms with van der Waals surface area (Å²) < 4.78 is 26.9. The van der Waals surface area contributed by atoms with Crippen molar-refractivity contribution < 1.29 is 8.78 Å². The first-order valence-corrected chi connectivity index (χ1v) is 4.56. The highest BCUT2D eigenvalue weighted by atomic mass is 79.9. The van der Waals surface area contributed by atoms with E-state index in [1.165, 1.54) is 12.1 Å². The Morgan fingerprint density at radius 1 is 1.33 bits per heavy atom. The van der Waals surface area contributed by atoms with Gasteiger partial charge in [-0.1, -0.05) is 15.9 Å². The lowest BCUT2D eigenvalue weighted by molar-refractivity contribution is 0.315. The molecule has 0 aromatic heterocycles. The monoisotopic (exact) mass is 232 g/mol. The fraction of sp³-hybridized carbons (Fsp3) is 0.333. The molecule has 0 atom stereocenters. The summed E-state index contributed by atoms with van der Waals surface area (Å²) in [7, 11) is 0. The van der Waals surface area contributed by atoms with Gasteiger partial charge in [0.2, 0.25) is 0 Å². The van der Waals surface area contributed by atoms with E-state index in [-0.39, 0.29) is 5.82 Å². The minimum atomic E-state index is -1.26. The topological polar surface area (TPSA) is 0 Å². The summed E-state index contributed by atoms with van der Waals surface area (Å²) in [5.41, 5.74) is -0.816. The zero-order valence-electron chi connectivity index (χ0n) is 6.28. The predicted molar refractivity (Wildman–Crippen MR) is 46.1 cm³/mol. The minimum absolute atomic E-state index is 0.378. The Hall–Kier alpha value is -0.440. The predicted octanol–water partition coefficient (Wildman–Crippen LogP) is 3.55. The van der Waals surface area contributed by atoms with Gasteiger partial charge >= 0.3 is 0 Å². The molecule has 0 aliphatic heterocycles. The van der Waals surface area contributed by atoms with Crippen molar-refractivity contribution in [3.8, 4) is 0 Å². The van der Waals surface area contributed by atoms with Gasteiger partial charge in [-0.2, -0.15) is 0 Å². The van der Waals surface area contributed by atoms with E-state index in [2.05, 4.69) is 15.9 Å². The van der Waals surface area contributed by atoms with Crippen molar-refractivity contribution in [1.82, 2.24) is 0 Å². The van der Waals surface area contributed by atoms with Gasteiger partial charge in [0.1, 0.15) is 11.5 Å². The highest BCUT2D eigenvalue weighted by Crippen LogP contribution is 2.51. The average Bonchev–Trinajstić information content (AvgIpc) is 2.75. The Kier molecular flexibility index (Phi) is 1.72. The molecule has 1 aromatic rings. The number of benzene rings is 1. The van der Waals surface area contributed by atoms with Crippen molar-refractivity contribution in [2.75, 3.05) is 0 Å². The molecule has 1 fully saturated rings. The van der Waals surface area contributed by atoms with Crippen LogP contribution in [0, 0.1) is 5.82 Å². The van der Waals surface area contributed by atoms with Crippen LogP contribution >= 0.6 is 15.9 Å². The fourth-order valence-electron chi connectivity index (χ4n) is 1.22. The lowest BCUT2D eigenvalue weighted by Gasteiger charge is -2.07. The van der Waals surface area contributed by atoms with E-state index >= 15 is 0 Å². The lowest BCUT2D eigenvalue weighted by atomic mass is 10.1. The van der Waals surface area contributed by atoms with E-state index in [9.17, 15) is 8.78 Å². The molecule has 0 radical (unpaired) electrons. The summed E-state index contributed by atoms with van der Waals surface area (Å²) in [6.07, 6.45) is 1.02. The third-order valence-corrected chi connectivity index (χ3v) is 2.79.